The first-order valence-corrected chi connectivity index (χ1v) is 10.6. The van der Waals surface area contributed by atoms with E-state index in [1.165, 1.54) is 38.8 Å². The Morgan fingerprint density at radius 3 is 2.19 bits per heavy atom. The summed E-state index contributed by atoms with van der Waals surface area (Å²) >= 11 is 0. The van der Waals surface area contributed by atoms with Gasteiger partial charge in [0.25, 0.3) is 0 Å². The van der Waals surface area contributed by atoms with Gasteiger partial charge in [-0.1, -0.05) is 18.6 Å². The minimum Gasteiger partial charge on any atom is -0.492 e. The molecule has 3 aliphatic rings. The highest BCUT2D eigenvalue weighted by molar-refractivity contribution is 6.62. The quantitative estimate of drug-likeness (QED) is 0.742. The van der Waals surface area contributed by atoms with Gasteiger partial charge in [0.2, 0.25) is 0 Å². The molecule has 5 heteroatoms. The fourth-order valence-corrected chi connectivity index (χ4v) is 4.71. The van der Waals surface area contributed by atoms with E-state index in [9.17, 15) is 0 Å². The van der Waals surface area contributed by atoms with Crippen molar-refractivity contribution in [3.05, 3.63) is 24.3 Å². The molecule has 27 heavy (non-hydrogen) atoms. The number of likely N-dealkylation sites (tertiary alicyclic amines) is 1. The summed E-state index contributed by atoms with van der Waals surface area (Å²) in [7, 11) is -0.309. The Bertz CT molecular complexity index is 617. The van der Waals surface area contributed by atoms with Crippen LogP contribution in [0.3, 0.4) is 0 Å². The average molecular weight is 371 g/mol. The lowest BCUT2D eigenvalue weighted by Gasteiger charge is -2.41. The van der Waals surface area contributed by atoms with E-state index in [-0.39, 0.29) is 18.3 Å². The fourth-order valence-electron chi connectivity index (χ4n) is 4.71. The Kier molecular flexibility index (Phi) is 5.30. The van der Waals surface area contributed by atoms with Crippen LogP contribution in [0.15, 0.2) is 24.3 Å². The second-order valence-corrected chi connectivity index (χ2v) is 9.66. The van der Waals surface area contributed by atoms with Crippen LogP contribution in [0.2, 0.25) is 0 Å². The van der Waals surface area contributed by atoms with Gasteiger partial charge < -0.3 is 14.0 Å². The minimum atomic E-state index is -0.309. The van der Waals surface area contributed by atoms with Gasteiger partial charge in [-0.3, -0.25) is 4.90 Å². The zero-order chi connectivity index (χ0) is 19.1. The van der Waals surface area contributed by atoms with Crippen molar-refractivity contribution < 1.29 is 14.0 Å². The van der Waals surface area contributed by atoms with E-state index in [4.69, 9.17) is 14.0 Å². The second kappa shape index (κ2) is 7.42. The van der Waals surface area contributed by atoms with Crippen LogP contribution in [0.25, 0.3) is 0 Å². The minimum absolute atomic E-state index is 0.306. The summed E-state index contributed by atoms with van der Waals surface area (Å²) in [6.07, 6.45) is 5.75. The topological polar surface area (TPSA) is 30.9 Å². The number of hydrogen-bond acceptors (Lipinski definition) is 4. The van der Waals surface area contributed by atoms with E-state index in [0.29, 0.717) is 0 Å². The maximum absolute atomic E-state index is 6.12. The number of ether oxygens (including phenoxy) is 1. The van der Waals surface area contributed by atoms with Crippen molar-refractivity contribution >= 4 is 12.6 Å². The van der Waals surface area contributed by atoms with Crippen LogP contribution in [0.5, 0.6) is 5.75 Å². The molecule has 2 saturated heterocycles. The van der Waals surface area contributed by atoms with Crippen molar-refractivity contribution in [3.63, 3.8) is 0 Å². The van der Waals surface area contributed by atoms with Gasteiger partial charge in [0.15, 0.2) is 0 Å². The Balaban J connectivity index is 1.26. The number of rotatable bonds is 5. The Hall–Kier alpha value is -1.04. The highest BCUT2D eigenvalue weighted by Crippen LogP contribution is 2.36. The van der Waals surface area contributed by atoms with Gasteiger partial charge in [0.05, 0.1) is 11.2 Å². The molecule has 0 aromatic heterocycles. The normalized spacial score (nSPS) is 29.7. The third-order valence-corrected chi connectivity index (χ3v) is 7.01. The molecule has 2 bridgehead atoms. The lowest BCUT2D eigenvalue weighted by atomic mass is 9.78. The van der Waals surface area contributed by atoms with Gasteiger partial charge in [-0.2, -0.15) is 0 Å². The molecule has 1 aromatic carbocycles. The lowest BCUT2D eigenvalue weighted by Crippen LogP contribution is -2.44. The van der Waals surface area contributed by atoms with E-state index >= 15 is 0 Å². The molecule has 148 valence electrons. The summed E-state index contributed by atoms with van der Waals surface area (Å²) in [4.78, 5) is 2.61. The van der Waals surface area contributed by atoms with Gasteiger partial charge in [-0.25, -0.2) is 0 Å². The van der Waals surface area contributed by atoms with Crippen LogP contribution >= 0.6 is 0 Å². The molecule has 1 aromatic rings. The fraction of sp³-hybridized carbons (Fsp3) is 0.727. The number of piperidine rings is 1. The first kappa shape index (κ1) is 19.3. The summed E-state index contributed by atoms with van der Waals surface area (Å²) in [5, 5.41) is 0. The molecule has 1 saturated carbocycles. The van der Waals surface area contributed by atoms with Crippen molar-refractivity contribution in [2.24, 2.45) is 11.8 Å². The molecule has 4 nitrogen and oxygen atoms in total. The van der Waals surface area contributed by atoms with Gasteiger partial charge in [-0.05, 0) is 76.4 Å². The maximum Gasteiger partial charge on any atom is 0.494 e. The van der Waals surface area contributed by atoms with Gasteiger partial charge >= 0.3 is 7.12 Å². The predicted octanol–water partition coefficient (Wildman–Crippen LogP) is 3.49. The van der Waals surface area contributed by atoms with Crippen LogP contribution in [-0.4, -0.2) is 49.5 Å². The second-order valence-electron chi connectivity index (χ2n) is 9.66. The Morgan fingerprint density at radius 2 is 1.59 bits per heavy atom. The average Bonchev–Trinajstić information content (AvgIpc) is 2.83. The zero-order valence-electron chi connectivity index (χ0n) is 17.4. The van der Waals surface area contributed by atoms with Crippen LogP contribution in [0.4, 0.5) is 0 Å². The lowest BCUT2D eigenvalue weighted by molar-refractivity contribution is 0.00578. The highest BCUT2D eigenvalue weighted by Gasteiger charge is 2.51. The number of nitrogens with zero attached hydrogens (tertiary/aromatic N) is 1. The van der Waals surface area contributed by atoms with Gasteiger partial charge in [-0.15, -0.1) is 0 Å². The van der Waals surface area contributed by atoms with Crippen molar-refractivity contribution in [3.8, 4) is 5.75 Å². The number of fused-ring (bicyclic) bond motifs is 2. The molecule has 1 aliphatic carbocycles. The standard InChI is InChI=1S/C22H34BNO3/c1-21(2)22(3,4)27-23(26-21)19-8-10-20(11-9-19)25-13-12-24-15-17-6-5-7-18(14-17)16-24/h8-11,17-18H,5-7,12-16H2,1-4H3. The molecule has 3 fully saturated rings. The summed E-state index contributed by atoms with van der Waals surface area (Å²) in [5.41, 5.74) is 0.434. The molecule has 0 radical (unpaired) electrons. The smallest absolute Gasteiger partial charge is 0.492 e. The molecular formula is C22H34BNO3. The molecule has 0 N–H and O–H groups in total. The Morgan fingerprint density at radius 1 is 1.00 bits per heavy atom. The van der Waals surface area contributed by atoms with Crippen LogP contribution < -0.4 is 10.2 Å². The van der Waals surface area contributed by atoms with Gasteiger partial charge in [0, 0.05) is 19.6 Å². The molecule has 4 rings (SSSR count). The predicted molar refractivity (Wildman–Crippen MR) is 110 cm³/mol. The monoisotopic (exact) mass is 371 g/mol. The summed E-state index contributed by atoms with van der Waals surface area (Å²) < 4.78 is 18.2. The molecule has 2 heterocycles. The van der Waals surface area contributed by atoms with E-state index < -0.39 is 0 Å². The summed E-state index contributed by atoms with van der Waals surface area (Å²) in [6.45, 7) is 12.7. The van der Waals surface area contributed by atoms with Crippen molar-refractivity contribution in [1.82, 2.24) is 4.90 Å². The molecule has 0 spiro atoms. The van der Waals surface area contributed by atoms with E-state index in [2.05, 4.69) is 44.7 Å². The third kappa shape index (κ3) is 4.20. The third-order valence-electron chi connectivity index (χ3n) is 7.01. The van der Waals surface area contributed by atoms with E-state index in [0.717, 1.165) is 36.2 Å². The first-order chi connectivity index (χ1) is 12.8. The largest absolute Gasteiger partial charge is 0.494 e. The number of benzene rings is 1. The van der Waals surface area contributed by atoms with Crippen molar-refractivity contribution in [1.29, 1.82) is 0 Å². The molecule has 2 atom stereocenters. The molecular weight excluding hydrogens is 337 g/mol. The van der Waals surface area contributed by atoms with E-state index in [1.807, 2.05) is 12.1 Å². The van der Waals surface area contributed by atoms with Crippen molar-refractivity contribution in [2.45, 2.75) is 64.6 Å². The molecule has 2 unspecified atom stereocenters. The van der Waals surface area contributed by atoms with Crippen LogP contribution in [0.1, 0.15) is 53.4 Å². The Labute approximate surface area is 164 Å². The number of hydrogen-bond donors (Lipinski definition) is 0. The SMILES string of the molecule is CC1(C)OB(c2ccc(OCCN3CC4CCCC(C4)C3)cc2)OC1(C)C. The van der Waals surface area contributed by atoms with Crippen molar-refractivity contribution in [2.75, 3.05) is 26.2 Å². The zero-order valence-corrected chi connectivity index (χ0v) is 17.4. The first-order valence-electron chi connectivity index (χ1n) is 10.6. The maximum atomic E-state index is 6.12. The summed E-state index contributed by atoms with van der Waals surface area (Å²) in [5.74, 6) is 2.78. The highest BCUT2D eigenvalue weighted by atomic mass is 16.7. The van der Waals surface area contributed by atoms with Crippen LogP contribution in [-0.2, 0) is 9.31 Å². The summed E-state index contributed by atoms with van der Waals surface area (Å²) in [6, 6.07) is 8.18. The molecule has 2 aliphatic heterocycles. The van der Waals surface area contributed by atoms with E-state index in [1.54, 1.807) is 0 Å². The molecule has 0 amide bonds. The van der Waals surface area contributed by atoms with Gasteiger partial charge in [0.1, 0.15) is 12.4 Å². The van der Waals surface area contributed by atoms with Crippen LogP contribution in [0, 0.1) is 11.8 Å².